The van der Waals surface area contributed by atoms with Crippen LogP contribution >= 0.6 is 0 Å². The minimum atomic E-state index is 0.0153. The Morgan fingerprint density at radius 1 is 0.941 bits per heavy atom. The third kappa shape index (κ3) is 3.74. The number of amides is 1. The molecule has 0 radical (unpaired) electrons. The van der Waals surface area contributed by atoms with E-state index >= 15 is 0 Å². The predicted octanol–water partition coefficient (Wildman–Crippen LogP) is 2.24. The van der Waals surface area contributed by atoms with Crippen molar-refractivity contribution in [2.75, 3.05) is 0 Å². The van der Waals surface area contributed by atoms with Crippen LogP contribution in [0, 0.1) is 0 Å². The standard InChI is InChI=1S/C14H13NOSe/c16-14(13-9-5-2-6-10-13)15-17-11-12-7-3-1-4-8-12/h1-10H,11H2,(H,15,16). The average molecular weight is 290 g/mol. The Hall–Kier alpha value is -1.57. The first-order valence-corrected chi connectivity index (χ1v) is 7.44. The monoisotopic (exact) mass is 291 g/mol. The zero-order valence-electron chi connectivity index (χ0n) is 9.30. The van der Waals surface area contributed by atoms with Crippen molar-refractivity contribution < 1.29 is 4.79 Å². The van der Waals surface area contributed by atoms with Crippen molar-refractivity contribution in [3.05, 3.63) is 71.8 Å². The Kier molecular flexibility index (Phi) is 4.37. The molecule has 0 atom stereocenters. The normalized spacial score (nSPS) is 9.88. The number of rotatable bonds is 4. The zero-order chi connectivity index (χ0) is 11.9. The first kappa shape index (κ1) is 11.9. The molecule has 0 saturated carbocycles. The van der Waals surface area contributed by atoms with Crippen LogP contribution < -0.4 is 4.33 Å². The first-order valence-electron chi connectivity index (χ1n) is 5.37. The molecule has 1 amide bonds. The van der Waals surface area contributed by atoms with Gasteiger partial charge in [0.15, 0.2) is 0 Å². The van der Waals surface area contributed by atoms with Crippen molar-refractivity contribution in [3.63, 3.8) is 0 Å². The van der Waals surface area contributed by atoms with E-state index in [-0.39, 0.29) is 21.1 Å². The van der Waals surface area contributed by atoms with Crippen molar-refractivity contribution >= 4 is 21.1 Å². The molecule has 0 bridgehead atoms. The van der Waals surface area contributed by atoms with Crippen molar-refractivity contribution in [3.8, 4) is 0 Å². The summed E-state index contributed by atoms with van der Waals surface area (Å²) in [6, 6.07) is 19.5. The number of nitrogens with one attached hydrogen (secondary N) is 1. The fraction of sp³-hybridized carbons (Fsp3) is 0.0714. The van der Waals surface area contributed by atoms with E-state index in [1.54, 1.807) is 0 Å². The minimum absolute atomic E-state index is 0.0153. The topological polar surface area (TPSA) is 29.1 Å². The fourth-order valence-corrected chi connectivity index (χ4v) is 2.83. The van der Waals surface area contributed by atoms with Gasteiger partial charge in [0.2, 0.25) is 0 Å². The van der Waals surface area contributed by atoms with Crippen LogP contribution in [0.15, 0.2) is 60.7 Å². The summed E-state index contributed by atoms with van der Waals surface area (Å²) >= 11 is 0.105. The van der Waals surface area contributed by atoms with E-state index in [4.69, 9.17) is 0 Å². The molecule has 0 aromatic heterocycles. The Labute approximate surface area is 107 Å². The average Bonchev–Trinajstić information content (AvgIpc) is 2.41. The number of hydrogen-bond donors (Lipinski definition) is 1. The molecule has 0 spiro atoms. The molecule has 2 nitrogen and oxygen atoms in total. The number of carbonyl (C=O) groups is 1. The molecule has 3 heteroatoms. The van der Waals surface area contributed by atoms with Crippen molar-refractivity contribution in [2.24, 2.45) is 0 Å². The molecule has 17 heavy (non-hydrogen) atoms. The van der Waals surface area contributed by atoms with E-state index in [0.717, 1.165) is 10.9 Å². The Morgan fingerprint density at radius 3 is 2.18 bits per heavy atom. The molecule has 1 N–H and O–H groups in total. The molecule has 0 fully saturated rings. The van der Waals surface area contributed by atoms with Gasteiger partial charge >= 0.3 is 107 Å². The Bertz CT molecular complexity index is 470. The second-order valence-electron chi connectivity index (χ2n) is 3.57. The maximum absolute atomic E-state index is 11.7. The van der Waals surface area contributed by atoms with Crippen molar-refractivity contribution in [2.45, 2.75) is 5.32 Å². The SMILES string of the molecule is O=C(N[Se]Cc1ccccc1)c1ccccc1. The van der Waals surface area contributed by atoms with Gasteiger partial charge in [-0.1, -0.05) is 0 Å². The molecule has 2 aromatic rings. The van der Waals surface area contributed by atoms with E-state index in [0.29, 0.717) is 0 Å². The van der Waals surface area contributed by atoms with E-state index in [1.807, 2.05) is 48.5 Å². The molecule has 0 unspecified atom stereocenters. The number of hydrogen-bond acceptors (Lipinski definition) is 1. The molecular formula is C14H13NOSe. The van der Waals surface area contributed by atoms with Gasteiger partial charge < -0.3 is 0 Å². The van der Waals surface area contributed by atoms with E-state index in [1.165, 1.54) is 5.56 Å². The molecule has 0 aliphatic carbocycles. The number of carbonyl (C=O) groups excluding carboxylic acids is 1. The van der Waals surface area contributed by atoms with Gasteiger partial charge in [-0.2, -0.15) is 0 Å². The molecule has 0 aliphatic heterocycles. The molecule has 86 valence electrons. The first-order chi connectivity index (χ1) is 8.36. The van der Waals surface area contributed by atoms with Crippen LogP contribution in [-0.4, -0.2) is 21.1 Å². The summed E-state index contributed by atoms with van der Waals surface area (Å²) in [6.45, 7) is 0. The third-order valence-corrected chi connectivity index (χ3v) is 3.98. The molecule has 0 heterocycles. The van der Waals surface area contributed by atoms with Gasteiger partial charge in [0.1, 0.15) is 0 Å². The summed E-state index contributed by atoms with van der Waals surface area (Å²) in [4.78, 5) is 11.7. The van der Waals surface area contributed by atoms with E-state index in [2.05, 4.69) is 16.5 Å². The third-order valence-electron chi connectivity index (χ3n) is 2.28. The maximum atomic E-state index is 11.7. The van der Waals surface area contributed by atoms with Gasteiger partial charge in [-0.25, -0.2) is 0 Å². The van der Waals surface area contributed by atoms with Gasteiger partial charge in [0, 0.05) is 0 Å². The van der Waals surface area contributed by atoms with Crippen molar-refractivity contribution in [1.82, 2.24) is 4.33 Å². The van der Waals surface area contributed by atoms with Crippen LogP contribution in [-0.2, 0) is 5.32 Å². The van der Waals surface area contributed by atoms with Gasteiger partial charge in [-0.3, -0.25) is 0 Å². The summed E-state index contributed by atoms with van der Waals surface area (Å²) in [7, 11) is 0. The fourth-order valence-electron chi connectivity index (χ4n) is 1.41. The Morgan fingerprint density at radius 2 is 1.53 bits per heavy atom. The second-order valence-corrected chi connectivity index (χ2v) is 5.21. The van der Waals surface area contributed by atoms with Gasteiger partial charge in [0.25, 0.3) is 0 Å². The summed E-state index contributed by atoms with van der Waals surface area (Å²) in [6.07, 6.45) is 0. The predicted molar refractivity (Wildman–Crippen MR) is 69.8 cm³/mol. The summed E-state index contributed by atoms with van der Waals surface area (Å²) in [5, 5.41) is 0.923. The second kappa shape index (κ2) is 6.24. The molecule has 2 rings (SSSR count). The van der Waals surface area contributed by atoms with Crippen LogP contribution in [0.2, 0.25) is 0 Å². The number of benzene rings is 2. The van der Waals surface area contributed by atoms with Gasteiger partial charge in [0.05, 0.1) is 0 Å². The molecule has 0 aliphatic rings. The van der Waals surface area contributed by atoms with Crippen LogP contribution in [0.5, 0.6) is 0 Å². The summed E-state index contributed by atoms with van der Waals surface area (Å²) in [5.41, 5.74) is 1.99. The summed E-state index contributed by atoms with van der Waals surface area (Å²) < 4.78 is 2.97. The zero-order valence-corrected chi connectivity index (χ0v) is 11.0. The van der Waals surface area contributed by atoms with Crippen LogP contribution in [0.3, 0.4) is 0 Å². The van der Waals surface area contributed by atoms with Crippen LogP contribution in [0.4, 0.5) is 0 Å². The van der Waals surface area contributed by atoms with E-state index < -0.39 is 0 Å². The van der Waals surface area contributed by atoms with Gasteiger partial charge in [-0.05, 0) is 0 Å². The Balaban J connectivity index is 1.82. The molecule has 0 saturated heterocycles. The van der Waals surface area contributed by atoms with E-state index in [9.17, 15) is 4.79 Å². The quantitative estimate of drug-likeness (QED) is 0.860. The summed E-state index contributed by atoms with van der Waals surface area (Å²) in [5.74, 6) is 0.0153. The van der Waals surface area contributed by atoms with Crippen LogP contribution in [0.1, 0.15) is 15.9 Å². The van der Waals surface area contributed by atoms with Crippen molar-refractivity contribution in [1.29, 1.82) is 0 Å². The molecular weight excluding hydrogens is 277 g/mol. The van der Waals surface area contributed by atoms with Crippen LogP contribution in [0.25, 0.3) is 0 Å². The van der Waals surface area contributed by atoms with Gasteiger partial charge in [-0.15, -0.1) is 0 Å². The molecule has 2 aromatic carbocycles.